The van der Waals surface area contributed by atoms with Crippen LogP contribution in [0.1, 0.15) is 49.3 Å². The molecule has 1 aliphatic rings. The lowest BCUT2D eigenvalue weighted by molar-refractivity contribution is 0.138. The van der Waals surface area contributed by atoms with E-state index in [0.717, 1.165) is 32.1 Å². The molecule has 0 saturated heterocycles. The Kier molecular flexibility index (Phi) is 11.4. The monoisotopic (exact) mass is 502 g/mol. The first-order valence-corrected chi connectivity index (χ1v) is 10.2. The summed E-state index contributed by atoms with van der Waals surface area (Å²) in [6, 6.07) is 9.10. The third-order valence-electron chi connectivity index (χ3n) is 5.90. The molecule has 2 rings (SSSR count). The van der Waals surface area contributed by atoms with Gasteiger partial charge in [0.2, 0.25) is 0 Å². The number of aliphatic imine (C=N–C) groups is 1. The van der Waals surface area contributed by atoms with Gasteiger partial charge in [-0.25, -0.2) is 0 Å². The van der Waals surface area contributed by atoms with Crippen LogP contribution in [0.15, 0.2) is 29.3 Å². The third-order valence-corrected chi connectivity index (χ3v) is 5.90. The van der Waals surface area contributed by atoms with Crippen molar-refractivity contribution in [2.45, 2.75) is 45.1 Å². The molecule has 1 unspecified atom stereocenters. The van der Waals surface area contributed by atoms with Crippen LogP contribution in [0.3, 0.4) is 0 Å². The number of nitrogens with zero attached hydrogens (tertiary/aromatic N) is 2. The fourth-order valence-electron chi connectivity index (χ4n) is 4.03. The van der Waals surface area contributed by atoms with Crippen LogP contribution in [0.4, 0.5) is 0 Å². The van der Waals surface area contributed by atoms with Crippen molar-refractivity contribution in [2.24, 2.45) is 10.4 Å². The Hall–Kier alpha value is -0.860. The summed E-state index contributed by atoms with van der Waals surface area (Å²) >= 11 is 0. The third kappa shape index (κ3) is 7.52. The number of guanidine groups is 1. The topological polar surface area (TPSA) is 48.9 Å². The summed E-state index contributed by atoms with van der Waals surface area (Å²) in [6.07, 6.45) is 6.34. The number of hydrogen-bond donors (Lipinski definition) is 2. The molecule has 0 spiro atoms. The molecule has 1 aromatic carbocycles. The molecule has 0 heterocycles. The zero-order valence-electron chi connectivity index (χ0n) is 18.3. The number of likely N-dealkylation sites (N-methyl/N-ethyl adjacent to an activating group) is 1. The van der Waals surface area contributed by atoms with Crippen molar-refractivity contribution >= 4 is 29.9 Å². The van der Waals surface area contributed by atoms with Gasteiger partial charge in [-0.1, -0.05) is 42.7 Å². The lowest BCUT2D eigenvalue weighted by Gasteiger charge is -2.31. The summed E-state index contributed by atoms with van der Waals surface area (Å²) in [6.45, 7) is 4.75. The van der Waals surface area contributed by atoms with Crippen LogP contribution in [-0.2, 0) is 4.74 Å². The van der Waals surface area contributed by atoms with Gasteiger partial charge in [0.1, 0.15) is 0 Å². The van der Waals surface area contributed by atoms with Crippen LogP contribution in [0.2, 0.25) is 0 Å². The highest BCUT2D eigenvalue weighted by Crippen LogP contribution is 2.40. The van der Waals surface area contributed by atoms with Gasteiger partial charge < -0.3 is 20.3 Å². The van der Waals surface area contributed by atoms with Gasteiger partial charge >= 0.3 is 0 Å². The molecule has 0 bridgehead atoms. The molecule has 28 heavy (non-hydrogen) atoms. The fraction of sp³-hybridized carbons (Fsp3) is 0.682. The van der Waals surface area contributed by atoms with E-state index in [9.17, 15) is 0 Å². The molecule has 1 saturated carbocycles. The van der Waals surface area contributed by atoms with E-state index in [1.165, 1.54) is 36.8 Å². The van der Waals surface area contributed by atoms with Crippen LogP contribution in [0, 0.1) is 12.3 Å². The molecule has 0 aromatic heterocycles. The average Bonchev–Trinajstić information content (AvgIpc) is 3.13. The molecular formula is C22H39IN4O. The number of methoxy groups -OCH3 is 1. The van der Waals surface area contributed by atoms with Crippen molar-refractivity contribution in [3.8, 4) is 0 Å². The second-order valence-corrected chi connectivity index (χ2v) is 8.15. The molecule has 160 valence electrons. The standard InChI is InChI=1S/C22H38N4O.HI/c1-18-8-10-19(11-9-18)20(26(3)4)16-24-21(23-2)25-17-22(14-15-27-5)12-6-7-13-22;/h8-11,20H,6-7,12-17H2,1-5H3,(H2,23,24,25);1H. The number of aryl methyl sites for hydroxylation is 1. The van der Waals surface area contributed by atoms with Crippen molar-refractivity contribution in [2.75, 3.05) is 47.9 Å². The lowest BCUT2D eigenvalue weighted by Crippen LogP contribution is -2.45. The predicted molar refractivity (Wildman–Crippen MR) is 130 cm³/mol. The Bertz CT molecular complexity index is 583. The van der Waals surface area contributed by atoms with Crippen molar-refractivity contribution in [1.29, 1.82) is 0 Å². The molecule has 5 nitrogen and oxygen atoms in total. The number of hydrogen-bond acceptors (Lipinski definition) is 3. The Balaban J connectivity index is 0.00000392. The highest BCUT2D eigenvalue weighted by atomic mass is 127. The first-order valence-electron chi connectivity index (χ1n) is 10.2. The molecule has 1 aliphatic carbocycles. The second kappa shape index (κ2) is 12.6. The number of nitrogens with one attached hydrogen (secondary N) is 2. The molecule has 1 fully saturated rings. The molecule has 0 radical (unpaired) electrons. The Morgan fingerprint density at radius 2 is 1.82 bits per heavy atom. The van der Waals surface area contributed by atoms with Crippen LogP contribution < -0.4 is 10.6 Å². The highest BCUT2D eigenvalue weighted by Gasteiger charge is 2.33. The molecule has 1 atom stereocenters. The first kappa shape index (κ1) is 25.2. The van der Waals surface area contributed by atoms with E-state index in [0.29, 0.717) is 11.5 Å². The van der Waals surface area contributed by atoms with Gasteiger partial charge in [0.25, 0.3) is 0 Å². The van der Waals surface area contributed by atoms with E-state index in [1.54, 1.807) is 7.11 Å². The smallest absolute Gasteiger partial charge is 0.191 e. The van der Waals surface area contributed by atoms with E-state index in [4.69, 9.17) is 4.74 Å². The van der Waals surface area contributed by atoms with Crippen molar-refractivity contribution < 1.29 is 4.74 Å². The Morgan fingerprint density at radius 1 is 1.18 bits per heavy atom. The van der Waals surface area contributed by atoms with Gasteiger partial charge in [-0.15, -0.1) is 24.0 Å². The Morgan fingerprint density at radius 3 is 2.36 bits per heavy atom. The van der Waals surface area contributed by atoms with Gasteiger partial charge in [0.05, 0.1) is 6.04 Å². The van der Waals surface area contributed by atoms with Crippen LogP contribution >= 0.6 is 24.0 Å². The van der Waals surface area contributed by atoms with E-state index in [-0.39, 0.29) is 24.0 Å². The molecule has 0 aliphatic heterocycles. The van der Waals surface area contributed by atoms with E-state index in [1.807, 2.05) is 7.05 Å². The van der Waals surface area contributed by atoms with E-state index < -0.39 is 0 Å². The number of ether oxygens (including phenoxy) is 1. The average molecular weight is 502 g/mol. The minimum Gasteiger partial charge on any atom is -0.385 e. The SMILES string of the molecule is CN=C(NCC(c1ccc(C)cc1)N(C)C)NCC1(CCOC)CCCC1.I. The maximum absolute atomic E-state index is 5.35. The number of benzene rings is 1. The summed E-state index contributed by atoms with van der Waals surface area (Å²) < 4.78 is 5.35. The first-order chi connectivity index (χ1) is 13.0. The zero-order valence-corrected chi connectivity index (χ0v) is 20.6. The zero-order chi connectivity index (χ0) is 19.7. The van der Waals surface area contributed by atoms with Gasteiger partial charge in [0, 0.05) is 33.9 Å². The van der Waals surface area contributed by atoms with Crippen LogP contribution in [0.25, 0.3) is 0 Å². The minimum atomic E-state index is 0. The fourth-order valence-corrected chi connectivity index (χ4v) is 4.03. The molecule has 0 amide bonds. The maximum atomic E-state index is 5.35. The predicted octanol–water partition coefficient (Wildman–Crippen LogP) is 3.98. The molecule has 1 aromatic rings. The van der Waals surface area contributed by atoms with Gasteiger partial charge in [0.15, 0.2) is 5.96 Å². The summed E-state index contributed by atoms with van der Waals surface area (Å²) in [4.78, 5) is 6.70. The number of halogens is 1. The molecule has 2 N–H and O–H groups in total. The van der Waals surface area contributed by atoms with Crippen molar-refractivity contribution in [3.05, 3.63) is 35.4 Å². The largest absolute Gasteiger partial charge is 0.385 e. The van der Waals surface area contributed by atoms with Crippen LogP contribution in [-0.4, -0.2) is 58.8 Å². The Labute approximate surface area is 188 Å². The summed E-state index contributed by atoms with van der Waals surface area (Å²) in [5, 5.41) is 7.11. The van der Waals surface area contributed by atoms with Crippen LogP contribution in [0.5, 0.6) is 0 Å². The highest BCUT2D eigenvalue weighted by molar-refractivity contribution is 14.0. The number of rotatable bonds is 9. The van der Waals surface area contributed by atoms with Gasteiger partial charge in [-0.05, 0) is 51.3 Å². The summed E-state index contributed by atoms with van der Waals surface area (Å²) in [5.41, 5.74) is 2.96. The quantitative estimate of drug-likeness (QED) is 0.305. The van der Waals surface area contributed by atoms with E-state index >= 15 is 0 Å². The molecule has 6 heteroatoms. The van der Waals surface area contributed by atoms with Crippen molar-refractivity contribution in [3.63, 3.8) is 0 Å². The van der Waals surface area contributed by atoms with Gasteiger partial charge in [-0.3, -0.25) is 4.99 Å². The normalized spacial score (nSPS) is 17.3. The molecular weight excluding hydrogens is 463 g/mol. The van der Waals surface area contributed by atoms with Gasteiger partial charge in [-0.2, -0.15) is 0 Å². The lowest BCUT2D eigenvalue weighted by atomic mass is 9.83. The second-order valence-electron chi connectivity index (χ2n) is 8.15. The summed E-state index contributed by atoms with van der Waals surface area (Å²) in [7, 11) is 7.90. The van der Waals surface area contributed by atoms with E-state index in [2.05, 4.69) is 65.8 Å². The maximum Gasteiger partial charge on any atom is 0.191 e. The summed E-state index contributed by atoms with van der Waals surface area (Å²) in [5.74, 6) is 0.887. The minimum absolute atomic E-state index is 0. The van der Waals surface area contributed by atoms with Crippen molar-refractivity contribution in [1.82, 2.24) is 15.5 Å².